The van der Waals surface area contributed by atoms with Crippen molar-refractivity contribution in [2.24, 2.45) is 0 Å². The third-order valence-electron chi connectivity index (χ3n) is 6.01. The lowest BCUT2D eigenvalue weighted by molar-refractivity contribution is 0.0746. The molecule has 2 aromatic heterocycles. The van der Waals surface area contributed by atoms with Crippen LogP contribution >= 0.6 is 0 Å². The quantitative estimate of drug-likeness (QED) is 0.394. The Bertz CT molecular complexity index is 1480. The van der Waals surface area contributed by atoms with Gasteiger partial charge in [0, 0.05) is 49.7 Å². The fraction of sp³-hybridized carbons (Fsp3) is 0.200. The van der Waals surface area contributed by atoms with Gasteiger partial charge in [-0.3, -0.25) is 9.78 Å². The number of piperazine rings is 1. The topological polar surface area (TPSA) is 111 Å². The lowest BCUT2D eigenvalue weighted by atomic mass is 10.1. The summed E-state index contributed by atoms with van der Waals surface area (Å²) in [6.07, 6.45) is 4.31. The van der Waals surface area contributed by atoms with Crippen LogP contribution in [-0.4, -0.2) is 71.7 Å². The number of nitrogens with zero attached hydrogens (tertiary/aromatic N) is 6. The number of benzene rings is 2. The molecule has 1 aliphatic rings. The summed E-state index contributed by atoms with van der Waals surface area (Å²) in [5.74, 6) is 0.808. The molecule has 184 valence electrons. The Balaban J connectivity index is 1.32. The van der Waals surface area contributed by atoms with E-state index in [0.29, 0.717) is 37.3 Å². The number of ether oxygens (including phenoxy) is 1. The maximum Gasteiger partial charge on any atom is 0.284 e. The van der Waals surface area contributed by atoms with Gasteiger partial charge < -0.3 is 14.5 Å². The third kappa shape index (κ3) is 4.52. The van der Waals surface area contributed by atoms with Crippen LogP contribution in [0.1, 0.15) is 10.4 Å². The van der Waals surface area contributed by atoms with Gasteiger partial charge in [0.1, 0.15) is 12.1 Å². The van der Waals surface area contributed by atoms with Crippen LogP contribution in [-0.2, 0) is 10.0 Å². The number of para-hydroxylation sites is 2. The van der Waals surface area contributed by atoms with Crippen molar-refractivity contribution >= 4 is 21.6 Å². The number of anilines is 1. The summed E-state index contributed by atoms with van der Waals surface area (Å²) in [5, 5.41) is 4.11. The second-order valence-electron chi connectivity index (χ2n) is 8.17. The molecule has 1 saturated heterocycles. The van der Waals surface area contributed by atoms with Gasteiger partial charge in [-0.2, -0.15) is 8.42 Å². The van der Waals surface area contributed by atoms with Gasteiger partial charge in [0.05, 0.1) is 17.7 Å². The van der Waals surface area contributed by atoms with Crippen LogP contribution in [0.25, 0.3) is 11.4 Å². The zero-order valence-corrected chi connectivity index (χ0v) is 20.4. The number of hydrogen-bond donors (Lipinski definition) is 0. The first kappa shape index (κ1) is 23.5. The molecule has 2 aromatic carbocycles. The lowest BCUT2D eigenvalue weighted by Crippen LogP contribution is -2.48. The highest BCUT2D eigenvalue weighted by molar-refractivity contribution is 7.89. The molecule has 1 fully saturated rings. The van der Waals surface area contributed by atoms with Crippen molar-refractivity contribution in [3.63, 3.8) is 0 Å². The van der Waals surface area contributed by atoms with Crippen molar-refractivity contribution in [3.8, 4) is 17.1 Å². The Kier molecular flexibility index (Phi) is 6.38. The Morgan fingerprint density at radius 1 is 0.972 bits per heavy atom. The van der Waals surface area contributed by atoms with Gasteiger partial charge in [-0.1, -0.05) is 18.2 Å². The third-order valence-corrected chi connectivity index (χ3v) is 7.53. The van der Waals surface area contributed by atoms with Gasteiger partial charge in [0.15, 0.2) is 5.82 Å². The summed E-state index contributed by atoms with van der Waals surface area (Å²) < 4.78 is 32.6. The monoisotopic (exact) mass is 504 g/mol. The van der Waals surface area contributed by atoms with Gasteiger partial charge in [0.25, 0.3) is 15.9 Å². The minimum absolute atomic E-state index is 0.0383. The molecular formula is C25H24N6O4S. The van der Waals surface area contributed by atoms with E-state index in [1.54, 1.807) is 48.7 Å². The van der Waals surface area contributed by atoms with Crippen molar-refractivity contribution in [2.45, 2.75) is 4.90 Å². The zero-order valence-electron chi connectivity index (χ0n) is 19.6. The number of hydrogen-bond acceptors (Lipinski definition) is 8. The van der Waals surface area contributed by atoms with Crippen molar-refractivity contribution in [1.29, 1.82) is 0 Å². The molecular weight excluding hydrogens is 480 g/mol. The number of rotatable bonds is 6. The van der Waals surface area contributed by atoms with E-state index in [4.69, 9.17) is 4.74 Å². The maximum atomic E-state index is 13.2. The molecule has 0 aliphatic carbocycles. The van der Waals surface area contributed by atoms with Crippen LogP contribution in [0.15, 0.2) is 84.3 Å². The van der Waals surface area contributed by atoms with E-state index in [-0.39, 0.29) is 16.6 Å². The van der Waals surface area contributed by atoms with Gasteiger partial charge in [-0.05, 0) is 42.5 Å². The largest absolute Gasteiger partial charge is 0.495 e. The molecule has 0 spiro atoms. The first-order chi connectivity index (χ1) is 17.5. The van der Waals surface area contributed by atoms with Crippen molar-refractivity contribution in [1.82, 2.24) is 24.1 Å². The second kappa shape index (κ2) is 9.78. The fourth-order valence-electron chi connectivity index (χ4n) is 4.11. The van der Waals surface area contributed by atoms with Crippen LogP contribution in [0.2, 0.25) is 0 Å². The first-order valence-electron chi connectivity index (χ1n) is 11.3. The summed E-state index contributed by atoms with van der Waals surface area (Å²) in [6.45, 7) is 2.29. The Labute approximate surface area is 208 Å². The molecule has 1 aliphatic heterocycles. The van der Waals surface area contributed by atoms with Gasteiger partial charge in [0.2, 0.25) is 0 Å². The standard InChI is InChI=1S/C25H24N6O4S/c1-35-23-10-3-2-9-22(23)29-12-14-30(15-13-29)25(32)19-6-4-8-21(16-19)36(33,34)31-18-27-24(28-31)20-7-5-11-26-17-20/h2-11,16-18H,12-15H2,1H3. The molecule has 0 N–H and O–H groups in total. The minimum atomic E-state index is -4.04. The molecule has 0 saturated carbocycles. The molecule has 36 heavy (non-hydrogen) atoms. The van der Waals surface area contributed by atoms with Gasteiger partial charge in [-0.25, -0.2) is 4.98 Å². The zero-order chi connectivity index (χ0) is 25.1. The average molecular weight is 505 g/mol. The van der Waals surface area contributed by atoms with E-state index in [0.717, 1.165) is 21.9 Å². The molecule has 10 nitrogen and oxygen atoms in total. The summed E-state index contributed by atoms with van der Waals surface area (Å²) in [4.78, 5) is 25.2. The van der Waals surface area contributed by atoms with Gasteiger partial charge in [-0.15, -0.1) is 9.19 Å². The van der Waals surface area contributed by atoms with E-state index in [2.05, 4.69) is 20.0 Å². The van der Waals surface area contributed by atoms with Crippen LogP contribution in [0.3, 0.4) is 0 Å². The predicted octanol–water partition coefficient (Wildman–Crippen LogP) is 2.55. The minimum Gasteiger partial charge on any atom is -0.495 e. The second-order valence-corrected chi connectivity index (χ2v) is 9.96. The van der Waals surface area contributed by atoms with E-state index < -0.39 is 10.0 Å². The summed E-state index contributed by atoms with van der Waals surface area (Å²) in [7, 11) is -2.40. The Morgan fingerprint density at radius 2 is 1.78 bits per heavy atom. The molecule has 0 unspecified atom stereocenters. The van der Waals surface area contributed by atoms with Crippen molar-refractivity contribution < 1.29 is 17.9 Å². The van der Waals surface area contributed by atoms with Crippen LogP contribution in [0.4, 0.5) is 5.69 Å². The number of pyridine rings is 1. The van der Waals surface area contributed by atoms with Crippen LogP contribution < -0.4 is 9.64 Å². The highest BCUT2D eigenvalue weighted by atomic mass is 32.2. The van der Waals surface area contributed by atoms with Crippen LogP contribution in [0.5, 0.6) is 5.75 Å². The smallest absolute Gasteiger partial charge is 0.284 e. The Hall–Kier alpha value is -4.25. The highest BCUT2D eigenvalue weighted by Gasteiger charge is 2.26. The normalized spacial score (nSPS) is 14.0. The molecule has 3 heterocycles. The SMILES string of the molecule is COc1ccccc1N1CCN(C(=O)c2cccc(S(=O)(=O)n3cnc(-c4cccnc4)n3)c2)CC1. The molecule has 1 amide bonds. The molecule has 0 radical (unpaired) electrons. The van der Waals surface area contributed by atoms with E-state index in [1.807, 2.05) is 24.3 Å². The van der Waals surface area contributed by atoms with E-state index in [1.165, 1.54) is 12.1 Å². The average Bonchev–Trinajstić information content (AvgIpc) is 3.45. The first-order valence-corrected chi connectivity index (χ1v) is 12.8. The molecule has 5 rings (SSSR count). The van der Waals surface area contributed by atoms with Gasteiger partial charge >= 0.3 is 0 Å². The van der Waals surface area contributed by atoms with E-state index >= 15 is 0 Å². The summed E-state index contributed by atoms with van der Waals surface area (Å²) in [5.41, 5.74) is 1.88. The van der Waals surface area contributed by atoms with Crippen molar-refractivity contribution in [2.75, 3.05) is 38.2 Å². The number of carbonyl (C=O) groups is 1. The van der Waals surface area contributed by atoms with Crippen LogP contribution in [0, 0.1) is 0 Å². The summed E-state index contributed by atoms with van der Waals surface area (Å²) in [6, 6.07) is 17.2. The van der Waals surface area contributed by atoms with Crippen molar-refractivity contribution in [3.05, 3.63) is 84.9 Å². The Morgan fingerprint density at radius 3 is 2.53 bits per heavy atom. The molecule has 4 aromatic rings. The number of amides is 1. The number of carbonyl (C=O) groups excluding carboxylic acids is 1. The fourth-order valence-corrected chi connectivity index (χ4v) is 5.21. The molecule has 0 bridgehead atoms. The van der Waals surface area contributed by atoms with E-state index in [9.17, 15) is 13.2 Å². The number of methoxy groups -OCH3 is 1. The molecule has 11 heteroatoms. The maximum absolute atomic E-state index is 13.2. The highest BCUT2D eigenvalue weighted by Crippen LogP contribution is 2.28. The number of aromatic nitrogens is 4. The lowest BCUT2D eigenvalue weighted by Gasteiger charge is -2.36. The molecule has 0 atom stereocenters. The predicted molar refractivity (Wildman–Crippen MR) is 133 cm³/mol. The summed E-state index contributed by atoms with van der Waals surface area (Å²) >= 11 is 0.